The zero-order valence-corrected chi connectivity index (χ0v) is 14.8. The van der Waals surface area contributed by atoms with Crippen LogP contribution in [0.15, 0.2) is 47.4 Å². The number of aryl methyl sites for hydroxylation is 1. The molecule has 2 rings (SSSR count). The van der Waals surface area contributed by atoms with E-state index in [4.69, 9.17) is 0 Å². The van der Waals surface area contributed by atoms with Crippen LogP contribution in [0.2, 0.25) is 0 Å². The van der Waals surface area contributed by atoms with E-state index in [1.54, 1.807) is 6.92 Å². The van der Waals surface area contributed by atoms with Crippen LogP contribution in [0, 0.1) is 6.92 Å². The van der Waals surface area contributed by atoms with E-state index in [1.165, 1.54) is 22.2 Å². The molecule has 12 heteroatoms. The molecule has 5 nitrogen and oxygen atoms in total. The molecule has 2 aromatic rings. The lowest BCUT2D eigenvalue weighted by Gasteiger charge is -2.16. The maximum Gasteiger partial charge on any atom is 0.418 e. The SMILES string of the molecule is Cc1ccc(S(=O)(=O)NC(=O)Nc2cc(C(F)(F)F)ccc2C(F)(F)F)cc1. The Labute approximate surface area is 155 Å². The Morgan fingerprint density at radius 3 is 1.96 bits per heavy atom. The summed E-state index contributed by atoms with van der Waals surface area (Å²) in [5, 5.41) is 1.52. The third kappa shape index (κ3) is 5.15. The molecule has 0 spiro atoms. The van der Waals surface area contributed by atoms with Crippen molar-refractivity contribution in [1.82, 2.24) is 4.72 Å². The van der Waals surface area contributed by atoms with E-state index in [9.17, 15) is 39.6 Å². The minimum absolute atomic E-state index is 0.0703. The summed E-state index contributed by atoms with van der Waals surface area (Å²) in [6.07, 6.45) is -10.0. The van der Waals surface area contributed by atoms with Gasteiger partial charge in [0.2, 0.25) is 0 Å². The highest BCUT2D eigenvalue weighted by molar-refractivity contribution is 7.90. The first-order valence-corrected chi connectivity index (χ1v) is 8.87. The second kappa shape index (κ2) is 7.34. The van der Waals surface area contributed by atoms with E-state index in [2.05, 4.69) is 0 Å². The molecule has 0 aliphatic rings. The summed E-state index contributed by atoms with van der Waals surface area (Å²) in [5.41, 5.74) is -3.54. The Morgan fingerprint density at radius 2 is 1.46 bits per heavy atom. The van der Waals surface area contributed by atoms with Gasteiger partial charge in [-0.2, -0.15) is 26.3 Å². The van der Waals surface area contributed by atoms with Crippen LogP contribution in [0.25, 0.3) is 0 Å². The third-order valence-electron chi connectivity index (χ3n) is 3.46. The molecule has 2 N–H and O–H groups in total. The van der Waals surface area contributed by atoms with Gasteiger partial charge in [-0.3, -0.25) is 0 Å². The summed E-state index contributed by atoms with van der Waals surface area (Å²) in [7, 11) is -4.45. The second-order valence-electron chi connectivity index (χ2n) is 5.63. The number of hydrogen-bond acceptors (Lipinski definition) is 3. The minimum Gasteiger partial charge on any atom is -0.307 e. The number of alkyl halides is 6. The molecular weight excluding hydrogens is 414 g/mol. The van der Waals surface area contributed by atoms with Crippen LogP contribution in [-0.4, -0.2) is 14.4 Å². The number of carbonyl (C=O) groups is 1. The standard InChI is InChI=1S/C16H12F6N2O3S/c1-9-2-5-11(6-3-9)28(26,27)24-14(25)23-13-8-10(15(17,18)19)4-7-12(13)16(20,21)22/h2-8H,1H3,(H2,23,24,25). The van der Waals surface area contributed by atoms with Crippen molar-refractivity contribution in [2.75, 3.05) is 5.32 Å². The van der Waals surface area contributed by atoms with E-state index in [-0.39, 0.29) is 23.1 Å². The fourth-order valence-corrected chi connectivity index (χ4v) is 3.02. The number of benzene rings is 2. The molecule has 0 saturated heterocycles. The number of urea groups is 1. The van der Waals surface area contributed by atoms with Crippen molar-refractivity contribution in [2.45, 2.75) is 24.2 Å². The van der Waals surface area contributed by atoms with E-state index >= 15 is 0 Å². The summed E-state index contributed by atoms with van der Waals surface area (Å²) in [6.45, 7) is 1.67. The molecule has 0 radical (unpaired) electrons. The molecule has 0 heterocycles. The van der Waals surface area contributed by atoms with Crippen molar-refractivity contribution in [3.63, 3.8) is 0 Å². The van der Waals surface area contributed by atoms with Gasteiger partial charge in [0.1, 0.15) is 0 Å². The zero-order chi connectivity index (χ0) is 21.3. The molecule has 0 aromatic heterocycles. The van der Waals surface area contributed by atoms with Gasteiger partial charge in [-0.05, 0) is 37.3 Å². The van der Waals surface area contributed by atoms with Crippen molar-refractivity contribution >= 4 is 21.7 Å². The number of rotatable bonds is 3. The topological polar surface area (TPSA) is 75.3 Å². The first-order valence-electron chi connectivity index (χ1n) is 7.39. The Morgan fingerprint density at radius 1 is 0.893 bits per heavy atom. The Balaban J connectivity index is 2.33. The van der Waals surface area contributed by atoms with Gasteiger partial charge in [0.15, 0.2) is 0 Å². The van der Waals surface area contributed by atoms with Gasteiger partial charge in [0.05, 0.1) is 21.7 Å². The number of hydrogen-bond donors (Lipinski definition) is 2. The van der Waals surface area contributed by atoms with Crippen LogP contribution in [0.5, 0.6) is 0 Å². The quantitative estimate of drug-likeness (QED) is 0.708. The molecule has 0 fully saturated rings. The van der Waals surface area contributed by atoms with Crippen LogP contribution in [0.3, 0.4) is 0 Å². The second-order valence-corrected chi connectivity index (χ2v) is 7.31. The van der Waals surface area contributed by atoms with Crippen LogP contribution in [0.1, 0.15) is 16.7 Å². The van der Waals surface area contributed by atoms with E-state index in [1.807, 2.05) is 0 Å². The van der Waals surface area contributed by atoms with E-state index in [0.29, 0.717) is 5.56 Å². The van der Waals surface area contributed by atoms with Crippen LogP contribution >= 0.6 is 0 Å². The minimum atomic E-state index is -5.08. The van der Waals surface area contributed by atoms with Crippen molar-refractivity contribution in [3.8, 4) is 0 Å². The highest BCUT2D eigenvalue weighted by Crippen LogP contribution is 2.38. The lowest BCUT2D eigenvalue weighted by molar-refractivity contribution is -0.140. The molecule has 0 bridgehead atoms. The van der Waals surface area contributed by atoms with E-state index in [0.717, 1.165) is 12.1 Å². The summed E-state index contributed by atoms with van der Waals surface area (Å²) in [4.78, 5) is 11.5. The smallest absolute Gasteiger partial charge is 0.307 e. The number of anilines is 1. The molecule has 2 aromatic carbocycles. The number of sulfonamides is 1. The van der Waals surface area contributed by atoms with Gasteiger partial charge >= 0.3 is 18.4 Å². The predicted molar refractivity (Wildman–Crippen MR) is 87.0 cm³/mol. The lowest BCUT2D eigenvalue weighted by Crippen LogP contribution is -2.35. The van der Waals surface area contributed by atoms with Crippen molar-refractivity contribution in [3.05, 3.63) is 59.2 Å². The molecule has 2 amide bonds. The molecular formula is C16H12F6N2O3S. The number of carbonyl (C=O) groups excluding carboxylic acids is 1. The first-order chi connectivity index (χ1) is 12.7. The summed E-state index contributed by atoms with van der Waals surface area (Å²) in [6, 6.07) is 3.91. The molecule has 0 aliphatic carbocycles. The van der Waals surface area contributed by atoms with Gasteiger partial charge in [-0.15, -0.1) is 0 Å². The number of nitrogens with one attached hydrogen (secondary N) is 2. The van der Waals surface area contributed by atoms with Crippen molar-refractivity contribution < 1.29 is 39.6 Å². The largest absolute Gasteiger partial charge is 0.418 e. The summed E-state index contributed by atoms with van der Waals surface area (Å²) >= 11 is 0. The number of amides is 2. The zero-order valence-electron chi connectivity index (χ0n) is 13.9. The maximum atomic E-state index is 13.0. The van der Waals surface area contributed by atoms with Gasteiger partial charge in [0.25, 0.3) is 10.0 Å². The van der Waals surface area contributed by atoms with Gasteiger partial charge in [0, 0.05) is 0 Å². The lowest BCUT2D eigenvalue weighted by atomic mass is 10.1. The molecule has 28 heavy (non-hydrogen) atoms. The maximum absolute atomic E-state index is 13.0. The van der Waals surface area contributed by atoms with Crippen LogP contribution in [-0.2, 0) is 22.4 Å². The summed E-state index contributed by atoms with van der Waals surface area (Å²) in [5.74, 6) is 0. The first kappa shape index (κ1) is 21.5. The van der Waals surface area contributed by atoms with Crippen LogP contribution < -0.4 is 10.0 Å². The average molecular weight is 426 g/mol. The number of halogens is 6. The van der Waals surface area contributed by atoms with Crippen molar-refractivity contribution in [1.29, 1.82) is 0 Å². The van der Waals surface area contributed by atoms with Gasteiger partial charge in [-0.1, -0.05) is 17.7 Å². The molecule has 0 aliphatic heterocycles. The molecule has 0 atom stereocenters. The summed E-state index contributed by atoms with van der Waals surface area (Å²) < 4.78 is 103. The van der Waals surface area contributed by atoms with Gasteiger partial charge < -0.3 is 5.32 Å². The highest BCUT2D eigenvalue weighted by Gasteiger charge is 2.37. The fraction of sp³-hybridized carbons (Fsp3) is 0.188. The third-order valence-corrected chi connectivity index (χ3v) is 4.81. The Kier molecular flexibility index (Phi) is 5.64. The Hall–Kier alpha value is -2.76. The normalized spacial score (nSPS) is 12.5. The molecule has 0 saturated carbocycles. The van der Waals surface area contributed by atoms with E-state index < -0.39 is 45.2 Å². The fourth-order valence-electron chi connectivity index (χ4n) is 2.12. The Bertz CT molecular complexity index is 983. The van der Waals surface area contributed by atoms with Gasteiger partial charge in [-0.25, -0.2) is 17.9 Å². The molecule has 0 unspecified atom stereocenters. The van der Waals surface area contributed by atoms with Crippen LogP contribution in [0.4, 0.5) is 36.8 Å². The average Bonchev–Trinajstić information content (AvgIpc) is 2.52. The molecule has 152 valence electrons. The monoisotopic (exact) mass is 426 g/mol. The highest BCUT2D eigenvalue weighted by atomic mass is 32.2. The van der Waals surface area contributed by atoms with Crippen molar-refractivity contribution in [2.24, 2.45) is 0 Å². The predicted octanol–water partition coefficient (Wildman–Crippen LogP) is 4.54.